The van der Waals surface area contributed by atoms with Crippen molar-refractivity contribution in [2.24, 2.45) is 0 Å². The highest BCUT2D eigenvalue weighted by Crippen LogP contribution is 2.29. The molecule has 0 aliphatic carbocycles. The van der Waals surface area contributed by atoms with Gasteiger partial charge in [0.1, 0.15) is 10.7 Å². The fourth-order valence-corrected chi connectivity index (χ4v) is 2.97. The first kappa shape index (κ1) is 13.2. The molecule has 1 N–H and O–H groups in total. The summed E-state index contributed by atoms with van der Waals surface area (Å²) in [7, 11) is 0. The summed E-state index contributed by atoms with van der Waals surface area (Å²) in [5.41, 5.74) is 0.976. The Morgan fingerprint density at radius 2 is 2.00 bits per heavy atom. The van der Waals surface area contributed by atoms with Gasteiger partial charge in [-0.25, -0.2) is 4.98 Å². The smallest absolute Gasteiger partial charge is 0.142 e. The summed E-state index contributed by atoms with van der Waals surface area (Å²) >= 11 is 1.71. The SMILES string of the molecule is CC(C)NCc1cnc(-c2nccc3ccccc23)s1. The minimum atomic E-state index is 0.483. The number of thiazole rings is 1. The summed E-state index contributed by atoms with van der Waals surface area (Å²) in [4.78, 5) is 10.3. The van der Waals surface area contributed by atoms with Crippen LogP contribution in [0.15, 0.2) is 42.7 Å². The number of pyridine rings is 1. The van der Waals surface area contributed by atoms with Gasteiger partial charge in [-0.3, -0.25) is 4.98 Å². The predicted molar refractivity (Wildman–Crippen MR) is 84.8 cm³/mol. The molecule has 3 nitrogen and oxygen atoms in total. The number of benzene rings is 1. The van der Waals surface area contributed by atoms with Gasteiger partial charge in [-0.2, -0.15) is 0 Å². The Morgan fingerprint density at radius 3 is 2.85 bits per heavy atom. The standard InChI is InChI=1S/C16H17N3S/c1-11(2)18-9-13-10-19-16(20-13)15-14-6-4-3-5-12(14)7-8-17-15/h3-8,10-11,18H,9H2,1-2H3. The van der Waals surface area contributed by atoms with Crippen molar-refractivity contribution in [1.82, 2.24) is 15.3 Å². The summed E-state index contributed by atoms with van der Waals surface area (Å²) in [5.74, 6) is 0. The van der Waals surface area contributed by atoms with E-state index >= 15 is 0 Å². The van der Waals surface area contributed by atoms with E-state index in [1.54, 1.807) is 11.3 Å². The number of nitrogens with one attached hydrogen (secondary N) is 1. The average Bonchev–Trinajstić information content (AvgIpc) is 2.93. The number of nitrogens with zero attached hydrogens (tertiary/aromatic N) is 2. The maximum absolute atomic E-state index is 4.53. The molecule has 0 radical (unpaired) electrons. The van der Waals surface area contributed by atoms with E-state index in [2.05, 4.69) is 41.3 Å². The van der Waals surface area contributed by atoms with Gasteiger partial charge in [-0.15, -0.1) is 11.3 Å². The molecule has 2 aromatic heterocycles. The lowest BCUT2D eigenvalue weighted by molar-refractivity contribution is 0.593. The minimum absolute atomic E-state index is 0.483. The lowest BCUT2D eigenvalue weighted by Gasteiger charge is -2.05. The first-order chi connectivity index (χ1) is 9.74. The van der Waals surface area contributed by atoms with E-state index in [1.807, 2.05) is 30.6 Å². The van der Waals surface area contributed by atoms with Crippen LogP contribution in [0.4, 0.5) is 0 Å². The molecule has 0 amide bonds. The molecule has 4 heteroatoms. The molecule has 0 aliphatic rings. The second-order valence-electron chi connectivity index (χ2n) is 5.05. The predicted octanol–water partition coefficient (Wildman–Crippen LogP) is 3.86. The quantitative estimate of drug-likeness (QED) is 0.790. The normalized spacial score (nSPS) is 11.3. The minimum Gasteiger partial charge on any atom is -0.310 e. The van der Waals surface area contributed by atoms with Crippen LogP contribution in [0.2, 0.25) is 0 Å². The Labute approximate surface area is 122 Å². The van der Waals surface area contributed by atoms with Crippen molar-refractivity contribution in [3.8, 4) is 10.7 Å². The van der Waals surface area contributed by atoms with Crippen molar-refractivity contribution in [1.29, 1.82) is 0 Å². The molecule has 0 bridgehead atoms. The van der Waals surface area contributed by atoms with E-state index in [1.165, 1.54) is 10.3 Å². The van der Waals surface area contributed by atoms with Crippen molar-refractivity contribution < 1.29 is 0 Å². The summed E-state index contributed by atoms with van der Waals surface area (Å²) in [5, 5.41) is 6.77. The van der Waals surface area contributed by atoms with Crippen LogP contribution < -0.4 is 5.32 Å². The second-order valence-corrected chi connectivity index (χ2v) is 6.16. The molecule has 0 saturated carbocycles. The van der Waals surface area contributed by atoms with Gasteiger partial charge in [0, 0.05) is 35.2 Å². The number of hydrogen-bond acceptors (Lipinski definition) is 4. The summed E-state index contributed by atoms with van der Waals surface area (Å²) in [6, 6.07) is 10.8. The van der Waals surface area contributed by atoms with Gasteiger partial charge in [0.25, 0.3) is 0 Å². The third-order valence-corrected chi connectivity index (χ3v) is 4.12. The zero-order chi connectivity index (χ0) is 13.9. The molecule has 2 heterocycles. The van der Waals surface area contributed by atoms with Crippen LogP contribution in [0, 0.1) is 0 Å². The van der Waals surface area contributed by atoms with Crippen LogP contribution >= 0.6 is 11.3 Å². The number of aromatic nitrogens is 2. The lowest BCUT2D eigenvalue weighted by atomic mass is 10.1. The van der Waals surface area contributed by atoms with Gasteiger partial charge in [-0.05, 0) is 11.5 Å². The lowest BCUT2D eigenvalue weighted by Crippen LogP contribution is -2.21. The number of fused-ring (bicyclic) bond motifs is 1. The first-order valence-electron chi connectivity index (χ1n) is 6.76. The largest absolute Gasteiger partial charge is 0.310 e. The van der Waals surface area contributed by atoms with Gasteiger partial charge in [0.15, 0.2) is 0 Å². The molecule has 0 fully saturated rings. The summed E-state index contributed by atoms with van der Waals surface area (Å²) < 4.78 is 0. The van der Waals surface area contributed by atoms with Crippen molar-refractivity contribution in [3.63, 3.8) is 0 Å². The Kier molecular flexibility index (Phi) is 3.76. The molecular weight excluding hydrogens is 266 g/mol. The number of rotatable bonds is 4. The zero-order valence-electron chi connectivity index (χ0n) is 11.6. The highest BCUT2D eigenvalue weighted by Gasteiger charge is 2.09. The Morgan fingerprint density at radius 1 is 1.15 bits per heavy atom. The Balaban J connectivity index is 1.95. The molecule has 1 aromatic carbocycles. The maximum Gasteiger partial charge on any atom is 0.142 e. The summed E-state index contributed by atoms with van der Waals surface area (Å²) in [6.07, 6.45) is 3.80. The molecule has 0 unspecified atom stereocenters. The second kappa shape index (κ2) is 5.69. The van der Waals surface area contributed by atoms with Gasteiger partial charge >= 0.3 is 0 Å². The molecule has 20 heavy (non-hydrogen) atoms. The van der Waals surface area contributed by atoms with Gasteiger partial charge in [-0.1, -0.05) is 38.1 Å². The van der Waals surface area contributed by atoms with Gasteiger partial charge < -0.3 is 5.32 Å². The van der Waals surface area contributed by atoms with Crippen LogP contribution in [-0.4, -0.2) is 16.0 Å². The van der Waals surface area contributed by atoms with Gasteiger partial charge in [0.05, 0.1) is 0 Å². The maximum atomic E-state index is 4.53. The van der Waals surface area contributed by atoms with E-state index in [9.17, 15) is 0 Å². The van der Waals surface area contributed by atoms with Crippen molar-refractivity contribution in [2.75, 3.05) is 0 Å². The van der Waals surface area contributed by atoms with Crippen LogP contribution in [0.1, 0.15) is 18.7 Å². The third kappa shape index (κ3) is 2.71. The Bertz CT molecular complexity index is 713. The van der Waals surface area contributed by atoms with E-state index < -0.39 is 0 Å². The molecule has 0 aliphatic heterocycles. The molecule has 3 aromatic rings. The van der Waals surface area contributed by atoms with Crippen LogP contribution in [-0.2, 0) is 6.54 Å². The first-order valence-corrected chi connectivity index (χ1v) is 7.58. The Hall–Kier alpha value is -1.78. The van der Waals surface area contributed by atoms with Crippen molar-refractivity contribution >= 4 is 22.1 Å². The van der Waals surface area contributed by atoms with Crippen LogP contribution in [0.5, 0.6) is 0 Å². The van der Waals surface area contributed by atoms with E-state index in [0.717, 1.165) is 22.6 Å². The average molecular weight is 283 g/mol. The van der Waals surface area contributed by atoms with Crippen LogP contribution in [0.25, 0.3) is 21.5 Å². The molecular formula is C16H17N3S. The van der Waals surface area contributed by atoms with Crippen LogP contribution in [0.3, 0.4) is 0 Å². The number of hydrogen-bond donors (Lipinski definition) is 1. The fourth-order valence-electron chi connectivity index (χ4n) is 2.09. The highest BCUT2D eigenvalue weighted by molar-refractivity contribution is 7.15. The molecule has 3 rings (SSSR count). The zero-order valence-corrected chi connectivity index (χ0v) is 12.4. The third-order valence-electron chi connectivity index (χ3n) is 3.11. The summed E-state index contributed by atoms with van der Waals surface area (Å²) in [6.45, 7) is 5.16. The van der Waals surface area contributed by atoms with E-state index in [-0.39, 0.29) is 0 Å². The molecule has 0 atom stereocenters. The molecule has 102 valence electrons. The van der Waals surface area contributed by atoms with E-state index in [0.29, 0.717) is 6.04 Å². The molecule has 0 spiro atoms. The monoisotopic (exact) mass is 283 g/mol. The molecule has 0 saturated heterocycles. The van der Waals surface area contributed by atoms with Gasteiger partial charge in [0.2, 0.25) is 0 Å². The topological polar surface area (TPSA) is 37.8 Å². The van der Waals surface area contributed by atoms with Crippen molar-refractivity contribution in [3.05, 3.63) is 47.6 Å². The fraction of sp³-hybridized carbons (Fsp3) is 0.250. The highest BCUT2D eigenvalue weighted by atomic mass is 32.1. The van der Waals surface area contributed by atoms with E-state index in [4.69, 9.17) is 0 Å². The van der Waals surface area contributed by atoms with Crippen molar-refractivity contribution in [2.45, 2.75) is 26.4 Å².